The first-order valence-electron chi connectivity index (χ1n) is 6.51. The molecule has 1 aliphatic rings. The summed E-state index contributed by atoms with van der Waals surface area (Å²) in [6.07, 6.45) is 12.6. The molecule has 0 heterocycles. The third-order valence-corrected chi connectivity index (χ3v) is 3.27. The van der Waals surface area contributed by atoms with Crippen LogP contribution in [0.5, 0.6) is 0 Å². The van der Waals surface area contributed by atoms with Crippen molar-refractivity contribution in [1.29, 1.82) is 0 Å². The summed E-state index contributed by atoms with van der Waals surface area (Å²) in [6, 6.07) is 0. The summed E-state index contributed by atoms with van der Waals surface area (Å²) < 4.78 is 5.57. The second-order valence-electron chi connectivity index (χ2n) is 4.61. The zero-order chi connectivity index (χ0) is 10.1. The van der Waals surface area contributed by atoms with Crippen LogP contribution in [0.3, 0.4) is 0 Å². The highest BCUT2D eigenvalue weighted by Gasteiger charge is 2.12. The fourth-order valence-corrected chi connectivity index (χ4v) is 2.30. The fourth-order valence-electron chi connectivity index (χ4n) is 2.30. The van der Waals surface area contributed by atoms with Gasteiger partial charge in [0.2, 0.25) is 0 Å². The standard InChI is InChI=1S/C13H26O/c1-2-3-11-14-12-7-10-13-8-5-4-6-9-13/h13H,2-12H2,1H3. The summed E-state index contributed by atoms with van der Waals surface area (Å²) in [5, 5.41) is 0. The Kier molecular flexibility index (Phi) is 7.12. The lowest BCUT2D eigenvalue weighted by atomic mass is 9.86. The predicted molar refractivity (Wildman–Crippen MR) is 61.5 cm³/mol. The molecule has 0 amide bonds. The minimum absolute atomic E-state index is 0.973. The molecular formula is C13H26O. The monoisotopic (exact) mass is 198 g/mol. The van der Waals surface area contributed by atoms with Crippen LogP contribution in [0.25, 0.3) is 0 Å². The molecule has 0 unspecified atom stereocenters. The van der Waals surface area contributed by atoms with Crippen molar-refractivity contribution in [3.8, 4) is 0 Å². The predicted octanol–water partition coefficient (Wildman–Crippen LogP) is 4.16. The summed E-state index contributed by atoms with van der Waals surface area (Å²) >= 11 is 0. The van der Waals surface area contributed by atoms with Gasteiger partial charge in [0.25, 0.3) is 0 Å². The van der Waals surface area contributed by atoms with Gasteiger partial charge in [0.05, 0.1) is 0 Å². The largest absolute Gasteiger partial charge is 0.381 e. The lowest BCUT2D eigenvalue weighted by Crippen LogP contribution is -2.07. The molecule has 0 saturated heterocycles. The average Bonchev–Trinajstić information content (AvgIpc) is 2.25. The van der Waals surface area contributed by atoms with Crippen LogP contribution in [-0.4, -0.2) is 13.2 Å². The van der Waals surface area contributed by atoms with E-state index >= 15 is 0 Å². The number of rotatable bonds is 7. The van der Waals surface area contributed by atoms with Gasteiger partial charge in [0, 0.05) is 13.2 Å². The smallest absolute Gasteiger partial charge is 0.0466 e. The van der Waals surface area contributed by atoms with E-state index in [0.29, 0.717) is 0 Å². The van der Waals surface area contributed by atoms with E-state index in [2.05, 4.69) is 6.92 Å². The van der Waals surface area contributed by atoms with Crippen molar-refractivity contribution in [3.63, 3.8) is 0 Å². The van der Waals surface area contributed by atoms with Crippen LogP contribution in [0.2, 0.25) is 0 Å². The van der Waals surface area contributed by atoms with Crippen LogP contribution < -0.4 is 0 Å². The zero-order valence-corrected chi connectivity index (χ0v) is 9.76. The van der Waals surface area contributed by atoms with E-state index in [1.807, 2.05) is 0 Å². The van der Waals surface area contributed by atoms with Gasteiger partial charge in [-0.1, -0.05) is 45.4 Å². The van der Waals surface area contributed by atoms with Crippen molar-refractivity contribution in [2.75, 3.05) is 13.2 Å². The van der Waals surface area contributed by atoms with E-state index in [0.717, 1.165) is 19.1 Å². The first-order chi connectivity index (χ1) is 6.93. The molecule has 1 rings (SSSR count). The maximum atomic E-state index is 5.57. The van der Waals surface area contributed by atoms with Gasteiger partial charge < -0.3 is 4.74 Å². The van der Waals surface area contributed by atoms with Gasteiger partial charge in [-0.25, -0.2) is 0 Å². The molecule has 84 valence electrons. The Morgan fingerprint density at radius 3 is 2.43 bits per heavy atom. The molecule has 14 heavy (non-hydrogen) atoms. The van der Waals surface area contributed by atoms with Crippen LogP contribution in [0, 0.1) is 5.92 Å². The Bertz CT molecular complexity index is 116. The van der Waals surface area contributed by atoms with Crippen molar-refractivity contribution >= 4 is 0 Å². The molecule has 0 aromatic rings. The summed E-state index contributed by atoms with van der Waals surface area (Å²) in [4.78, 5) is 0. The summed E-state index contributed by atoms with van der Waals surface area (Å²) in [7, 11) is 0. The number of unbranched alkanes of at least 4 members (excludes halogenated alkanes) is 1. The molecular weight excluding hydrogens is 172 g/mol. The van der Waals surface area contributed by atoms with Crippen molar-refractivity contribution in [3.05, 3.63) is 0 Å². The van der Waals surface area contributed by atoms with Gasteiger partial charge in [-0.2, -0.15) is 0 Å². The van der Waals surface area contributed by atoms with Crippen molar-refractivity contribution in [2.24, 2.45) is 5.92 Å². The first kappa shape index (κ1) is 12.0. The molecule has 0 aliphatic heterocycles. The third kappa shape index (κ3) is 5.64. The van der Waals surface area contributed by atoms with E-state index in [-0.39, 0.29) is 0 Å². The van der Waals surface area contributed by atoms with Crippen molar-refractivity contribution in [1.82, 2.24) is 0 Å². The van der Waals surface area contributed by atoms with Gasteiger partial charge in [-0.3, -0.25) is 0 Å². The normalized spacial score (nSPS) is 18.6. The maximum Gasteiger partial charge on any atom is 0.0466 e. The third-order valence-electron chi connectivity index (χ3n) is 3.27. The number of hydrogen-bond donors (Lipinski definition) is 0. The van der Waals surface area contributed by atoms with E-state index in [4.69, 9.17) is 4.74 Å². The highest BCUT2D eigenvalue weighted by molar-refractivity contribution is 4.65. The average molecular weight is 198 g/mol. The molecule has 1 fully saturated rings. The molecule has 1 aliphatic carbocycles. The lowest BCUT2D eigenvalue weighted by molar-refractivity contribution is 0.122. The summed E-state index contributed by atoms with van der Waals surface area (Å²) in [5.74, 6) is 1.03. The minimum Gasteiger partial charge on any atom is -0.381 e. The number of ether oxygens (including phenoxy) is 1. The Morgan fingerprint density at radius 2 is 1.71 bits per heavy atom. The molecule has 0 aromatic heterocycles. The molecule has 0 atom stereocenters. The molecule has 0 N–H and O–H groups in total. The Labute approximate surface area is 89.2 Å². The Hall–Kier alpha value is -0.0400. The second kappa shape index (κ2) is 8.28. The van der Waals surface area contributed by atoms with E-state index in [9.17, 15) is 0 Å². The van der Waals surface area contributed by atoms with Gasteiger partial charge in [0.15, 0.2) is 0 Å². The van der Waals surface area contributed by atoms with Crippen LogP contribution in [0.1, 0.15) is 64.7 Å². The van der Waals surface area contributed by atoms with Gasteiger partial charge in [0.1, 0.15) is 0 Å². The van der Waals surface area contributed by atoms with Crippen LogP contribution in [0.15, 0.2) is 0 Å². The maximum absolute atomic E-state index is 5.57. The van der Waals surface area contributed by atoms with Gasteiger partial charge in [-0.05, 0) is 25.2 Å². The number of hydrogen-bond acceptors (Lipinski definition) is 1. The van der Waals surface area contributed by atoms with Crippen LogP contribution in [0.4, 0.5) is 0 Å². The first-order valence-corrected chi connectivity index (χ1v) is 6.51. The van der Waals surface area contributed by atoms with Crippen LogP contribution >= 0.6 is 0 Å². The quantitative estimate of drug-likeness (QED) is 0.558. The van der Waals surface area contributed by atoms with Gasteiger partial charge in [-0.15, -0.1) is 0 Å². The summed E-state index contributed by atoms with van der Waals surface area (Å²) in [6.45, 7) is 4.18. The SMILES string of the molecule is CCCCOCCCC1CCCCC1. The summed E-state index contributed by atoms with van der Waals surface area (Å²) in [5.41, 5.74) is 0. The minimum atomic E-state index is 0.973. The zero-order valence-electron chi connectivity index (χ0n) is 9.76. The molecule has 1 heteroatoms. The second-order valence-corrected chi connectivity index (χ2v) is 4.61. The highest BCUT2D eigenvalue weighted by atomic mass is 16.5. The van der Waals surface area contributed by atoms with E-state index in [1.165, 1.54) is 57.8 Å². The highest BCUT2D eigenvalue weighted by Crippen LogP contribution is 2.27. The molecule has 0 spiro atoms. The lowest BCUT2D eigenvalue weighted by Gasteiger charge is -2.21. The van der Waals surface area contributed by atoms with Crippen LogP contribution in [-0.2, 0) is 4.74 Å². The fraction of sp³-hybridized carbons (Fsp3) is 1.00. The van der Waals surface area contributed by atoms with Crippen molar-refractivity contribution < 1.29 is 4.74 Å². The molecule has 1 nitrogen and oxygen atoms in total. The molecule has 0 aromatic carbocycles. The van der Waals surface area contributed by atoms with Gasteiger partial charge >= 0.3 is 0 Å². The molecule has 0 bridgehead atoms. The molecule has 1 saturated carbocycles. The molecule has 0 radical (unpaired) electrons. The van der Waals surface area contributed by atoms with E-state index in [1.54, 1.807) is 0 Å². The Morgan fingerprint density at radius 1 is 1.00 bits per heavy atom. The van der Waals surface area contributed by atoms with Crippen molar-refractivity contribution in [2.45, 2.75) is 64.7 Å². The van der Waals surface area contributed by atoms with E-state index < -0.39 is 0 Å². The Balaban J connectivity index is 1.82. The topological polar surface area (TPSA) is 9.23 Å².